The van der Waals surface area contributed by atoms with Crippen LogP contribution in [0, 0.1) is 5.92 Å². The molecule has 0 spiro atoms. The molecule has 0 bridgehead atoms. The van der Waals surface area contributed by atoms with Gasteiger partial charge in [0.05, 0.1) is 6.42 Å². The van der Waals surface area contributed by atoms with Crippen LogP contribution in [0.25, 0.3) is 0 Å². The molecular formula is C10H16F3NS2. The highest BCUT2D eigenvalue weighted by atomic mass is 32.2. The maximum atomic E-state index is 11.9. The number of rotatable bonds is 2. The second kappa shape index (κ2) is 6.10. The van der Waals surface area contributed by atoms with Gasteiger partial charge in [0.2, 0.25) is 0 Å². The van der Waals surface area contributed by atoms with Gasteiger partial charge < -0.3 is 4.90 Å². The first kappa shape index (κ1) is 14.1. The van der Waals surface area contributed by atoms with E-state index in [-0.39, 0.29) is 5.75 Å². The lowest BCUT2D eigenvalue weighted by atomic mass is 10.00. The third kappa shape index (κ3) is 5.39. The molecule has 0 aromatic heterocycles. The number of piperidine rings is 1. The van der Waals surface area contributed by atoms with E-state index < -0.39 is 12.6 Å². The minimum absolute atomic E-state index is 0.0361. The number of nitrogens with zero attached hydrogens (tertiary/aromatic N) is 1. The third-order valence-electron chi connectivity index (χ3n) is 2.65. The summed E-state index contributed by atoms with van der Waals surface area (Å²) in [5, 5.41) is 0. The molecule has 1 aliphatic rings. The number of hydrogen-bond donors (Lipinski definition) is 0. The Kier molecular flexibility index (Phi) is 5.37. The quantitative estimate of drug-likeness (QED) is 0.705. The molecule has 0 unspecified atom stereocenters. The van der Waals surface area contributed by atoms with Crippen LogP contribution in [0.3, 0.4) is 0 Å². The second-order valence-electron chi connectivity index (χ2n) is 4.15. The SMILES string of the molecule is CC1CCN(C(=S)SCCC(F)(F)F)CC1. The van der Waals surface area contributed by atoms with Gasteiger partial charge in [-0.2, -0.15) is 13.2 Å². The van der Waals surface area contributed by atoms with Gasteiger partial charge in [0, 0.05) is 18.8 Å². The van der Waals surface area contributed by atoms with Gasteiger partial charge in [0.15, 0.2) is 0 Å². The van der Waals surface area contributed by atoms with Crippen molar-refractivity contribution in [2.45, 2.75) is 32.4 Å². The van der Waals surface area contributed by atoms with Gasteiger partial charge >= 0.3 is 6.18 Å². The van der Waals surface area contributed by atoms with Crippen molar-refractivity contribution in [2.75, 3.05) is 18.8 Å². The van der Waals surface area contributed by atoms with E-state index in [4.69, 9.17) is 12.2 Å². The molecule has 1 nitrogen and oxygen atoms in total. The summed E-state index contributed by atoms with van der Waals surface area (Å²) in [6, 6.07) is 0. The van der Waals surface area contributed by atoms with Crippen LogP contribution in [0.5, 0.6) is 0 Å². The van der Waals surface area contributed by atoms with Crippen LogP contribution >= 0.6 is 24.0 Å². The maximum absolute atomic E-state index is 11.9. The van der Waals surface area contributed by atoms with Crippen molar-refractivity contribution < 1.29 is 13.2 Å². The maximum Gasteiger partial charge on any atom is 0.389 e. The molecule has 1 aliphatic heterocycles. The van der Waals surface area contributed by atoms with E-state index >= 15 is 0 Å². The molecule has 0 aromatic carbocycles. The molecule has 0 aliphatic carbocycles. The highest BCUT2D eigenvalue weighted by molar-refractivity contribution is 8.22. The van der Waals surface area contributed by atoms with Crippen LogP contribution < -0.4 is 0 Å². The fourth-order valence-electron chi connectivity index (χ4n) is 1.54. The second-order valence-corrected chi connectivity index (χ2v) is 5.88. The predicted molar refractivity (Wildman–Crippen MR) is 65.7 cm³/mol. The fourth-order valence-corrected chi connectivity index (χ4v) is 2.84. The molecule has 0 amide bonds. The lowest BCUT2D eigenvalue weighted by Gasteiger charge is -2.31. The molecule has 0 N–H and O–H groups in total. The third-order valence-corrected chi connectivity index (χ3v) is 4.18. The van der Waals surface area contributed by atoms with Crippen LogP contribution in [-0.4, -0.2) is 34.2 Å². The number of hydrogen-bond acceptors (Lipinski definition) is 2. The Hall–Kier alpha value is 0.0300. The molecule has 6 heteroatoms. The van der Waals surface area contributed by atoms with Crippen molar-refractivity contribution in [2.24, 2.45) is 5.92 Å². The Balaban J connectivity index is 2.20. The lowest BCUT2D eigenvalue weighted by Crippen LogP contribution is -2.35. The first-order chi connectivity index (χ1) is 7.38. The highest BCUT2D eigenvalue weighted by Crippen LogP contribution is 2.25. The number of likely N-dealkylation sites (tertiary alicyclic amines) is 1. The van der Waals surface area contributed by atoms with Crippen molar-refractivity contribution in [3.05, 3.63) is 0 Å². The van der Waals surface area contributed by atoms with Crippen molar-refractivity contribution in [3.8, 4) is 0 Å². The Morgan fingerprint density at radius 3 is 2.44 bits per heavy atom. The number of thioether (sulfide) groups is 1. The first-order valence-corrected chi connectivity index (χ1v) is 6.76. The Morgan fingerprint density at radius 2 is 1.94 bits per heavy atom. The van der Waals surface area contributed by atoms with Crippen LogP contribution in [0.1, 0.15) is 26.2 Å². The molecular weight excluding hydrogens is 255 g/mol. The van der Waals surface area contributed by atoms with Crippen molar-refractivity contribution in [1.82, 2.24) is 4.90 Å². The largest absolute Gasteiger partial charge is 0.389 e. The normalized spacial score (nSPS) is 18.9. The fraction of sp³-hybridized carbons (Fsp3) is 0.900. The van der Waals surface area contributed by atoms with Crippen LogP contribution in [-0.2, 0) is 0 Å². The average Bonchev–Trinajstić information content (AvgIpc) is 2.16. The van der Waals surface area contributed by atoms with Gasteiger partial charge in [-0.3, -0.25) is 0 Å². The Morgan fingerprint density at radius 1 is 1.38 bits per heavy atom. The Labute approximate surface area is 104 Å². The molecule has 0 radical (unpaired) electrons. The van der Waals surface area contributed by atoms with E-state index in [1.165, 1.54) is 0 Å². The monoisotopic (exact) mass is 271 g/mol. The van der Waals surface area contributed by atoms with Gasteiger partial charge in [0.25, 0.3) is 0 Å². The summed E-state index contributed by atoms with van der Waals surface area (Å²) in [7, 11) is 0. The van der Waals surface area contributed by atoms with Crippen molar-refractivity contribution in [3.63, 3.8) is 0 Å². The lowest BCUT2D eigenvalue weighted by molar-refractivity contribution is -0.129. The molecule has 0 atom stereocenters. The van der Waals surface area contributed by atoms with E-state index in [2.05, 4.69) is 6.92 Å². The van der Waals surface area contributed by atoms with Crippen LogP contribution in [0.15, 0.2) is 0 Å². The summed E-state index contributed by atoms with van der Waals surface area (Å²) < 4.78 is 36.4. The average molecular weight is 271 g/mol. The highest BCUT2D eigenvalue weighted by Gasteiger charge is 2.27. The van der Waals surface area contributed by atoms with E-state index in [1.54, 1.807) is 0 Å². The summed E-state index contributed by atoms with van der Waals surface area (Å²) in [6.07, 6.45) is -2.67. The first-order valence-electron chi connectivity index (χ1n) is 5.37. The van der Waals surface area contributed by atoms with Gasteiger partial charge in [-0.25, -0.2) is 0 Å². The van der Waals surface area contributed by atoms with Crippen molar-refractivity contribution >= 4 is 28.3 Å². The molecule has 1 fully saturated rings. The number of halogens is 3. The summed E-state index contributed by atoms with van der Waals surface area (Å²) in [6.45, 7) is 3.97. The van der Waals surface area contributed by atoms with Crippen molar-refractivity contribution in [1.29, 1.82) is 0 Å². The summed E-state index contributed by atoms with van der Waals surface area (Å²) in [4.78, 5) is 2.02. The zero-order valence-electron chi connectivity index (χ0n) is 9.22. The van der Waals surface area contributed by atoms with E-state index in [1.807, 2.05) is 4.90 Å². The molecule has 1 saturated heterocycles. The standard InChI is InChI=1S/C10H16F3NS2/c1-8-2-5-14(6-3-8)9(15)16-7-4-10(11,12)13/h8H,2-7H2,1H3. The molecule has 1 heterocycles. The molecule has 0 aromatic rings. The van der Waals surface area contributed by atoms with Gasteiger partial charge in [-0.15, -0.1) is 0 Å². The molecule has 16 heavy (non-hydrogen) atoms. The van der Waals surface area contributed by atoms with Crippen LogP contribution in [0.4, 0.5) is 13.2 Å². The number of thiocarbonyl (C=S) groups is 1. The molecule has 94 valence electrons. The van der Waals surface area contributed by atoms with E-state index in [0.29, 0.717) is 10.2 Å². The minimum Gasteiger partial charge on any atom is -0.358 e. The summed E-state index contributed by atoms with van der Waals surface area (Å²) in [5.74, 6) is 0.744. The van der Waals surface area contributed by atoms with E-state index in [9.17, 15) is 13.2 Å². The zero-order valence-corrected chi connectivity index (χ0v) is 10.9. The molecule has 1 rings (SSSR count). The summed E-state index contributed by atoms with van der Waals surface area (Å²) in [5.41, 5.74) is 0. The summed E-state index contributed by atoms with van der Waals surface area (Å²) >= 11 is 6.27. The van der Waals surface area contributed by atoms with Gasteiger partial charge in [0.1, 0.15) is 4.32 Å². The zero-order chi connectivity index (χ0) is 12.2. The number of alkyl halides is 3. The minimum atomic E-state index is -4.07. The topological polar surface area (TPSA) is 3.24 Å². The van der Waals surface area contributed by atoms with Crippen LogP contribution in [0.2, 0.25) is 0 Å². The van der Waals surface area contributed by atoms with Gasteiger partial charge in [-0.05, 0) is 18.8 Å². The predicted octanol–water partition coefficient (Wildman–Crippen LogP) is 3.69. The van der Waals surface area contributed by atoms with E-state index in [0.717, 1.165) is 37.7 Å². The molecule has 0 saturated carbocycles. The van der Waals surface area contributed by atoms with Gasteiger partial charge in [-0.1, -0.05) is 30.9 Å². The smallest absolute Gasteiger partial charge is 0.358 e. The Bertz CT molecular complexity index is 235.